The molecule has 1 aromatic rings. The molecule has 5 heteroatoms. The van der Waals surface area contributed by atoms with Gasteiger partial charge >= 0.3 is 0 Å². The Balaban J connectivity index is 1.69. The summed E-state index contributed by atoms with van der Waals surface area (Å²) in [5, 5.41) is 9.60. The highest BCUT2D eigenvalue weighted by Gasteiger charge is 2.29. The van der Waals surface area contributed by atoms with Crippen LogP contribution in [-0.4, -0.2) is 52.5 Å². The number of nitrogens with zero attached hydrogens (tertiary/aromatic N) is 4. The van der Waals surface area contributed by atoms with E-state index in [9.17, 15) is 10.1 Å². The number of hydrogen-bond donors (Lipinski definition) is 0. The fourth-order valence-corrected chi connectivity index (χ4v) is 4.57. The molecule has 1 aliphatic heterocycles. The summed E-state index contributed by atoms with van der Waals surface area (Å²) in [6.45, 7) is 10.6. The van der Waals surface area contributed by atoms with Gasteiger partial charge in [0.25, 0.3) is 5.91 Å². The smallest absolute Gasteiger partial charge is 0.264 e. The lowest BCUT2D eigenvalue weighted by atomic mass is 10.1. The Morgan fingerprint density at radius 1 is 1.22 bits per heavy atom. The van der Waals surface area contributed by atoms with Crippen LogP contribution in [0.25, 0.3) is 6.08 Å². The maximum absolute atomic E-state index is 12.9. The number of hydrogen-bond acceptors (Lipinski definition) is 3. The van der Waals surface area contributed by atoms with E-state index >= 15 is 0 Å². The van der Waals surface area contributed by atoms with Gasteiger partial charge in [0.05, 0.1) is 0 Å². The molecule has 1 saturated carbocycles. The summed E-state index contributed by atoms with van der Waals surface area (Å²) < 4.78 is 2.26. The van der Waals surface area contributed by atoms with Gasteiger partial charge in [-0.2, -0.15) is 5.26 Å². The number of nitriles is 1. The second-order valence-electron chi connectivity index (χ2n) is 7.91. The zero-order valence-electron chi connectivity index (χ0n) is 17.0. The molecule has 0 bridgehead atoms. The van der Waals surface area contributed by atoms with E-state index in [0.717, 1.165) is 50.4 Å². The fourth-order valence-electron chi connectivity index (χ4n) is 4.57. The van der Waals surface area contributed by atoms with Crippen LogP contribution in [0.2, 0.25) is 0 Å². The predicted octanol–water partition coefficient (Wildman–Crippen LogP) is 3.51. The Hall–Kier alpha value is -2.06. The minimum Gasteiger partial charge on any atom is -0.349 e. The average Bonchev–Trinajstić information content (AvgIpc) is 3.30. The van der Waals surface area contributed by atoms with E-state index in [0.29, 0.717) is 6.04 Å². The van der Waals surface area contributed by atoms with Crippen LogP contribution in [0.1, 0.15) is 56.0 Å². The lowest BCUT2D eigenvalue weighted by molar-refractivity contribution is -0.128. The maximum atomic E-state index is 12.9. The molecular formula is C22H32N4O. The second kappa shape index (κ2) is 8.75. The lowest BCUT2D eigenvalue weighted by Gasteiger charge is -2.38. The van der Waals surface area contributed by atoms with Gasteiger partial charge in [0.15, 0.2) is 0 Å². The molecule has 1 amide bonds. The van der Waals surface area contributed by atoms with E-state index in [4.69, 9.17) is 0 Å². The van der Waals surface area contributed by atoms with Crippen LogP contribution in [0.3, 0.4) is 0 Å². The van der Waals surface area contributed by atoms with Gasteiger partial charge in [-0.25, -0.2) is 0 Å². The number of aromatic nitrogens is 1. The van der Waals surface area contributed by atoms with Gasteiger partial charge < -0.3 is 9.47 Å². The van der Waals surface area contributed by atoms with Crippen LogP contribution in [0, 0.1) is 25.2 Å². The van der Waals surface area contributed by atoms with Crippen molar-refractivity contribution in [2.24, 2.45) is 0 Å². The van der Waals surface area contributed by atoms with Gasteiger partial charge in [-0.3, -0.25) is 9.69 Å². The molecule has 3 rings (SSSR count). The Morgan fingerprint density at radius 2 is 1.89 bits per heavy atom. The van der Waals surface area contributed by atoms with Gasteiger partial charge in [-0.15, -0.1) is 0 Å². The van der Waals surface area contributed by atoms with E-state index in [1.807, 2.05) is 4.90 Å². The van der Waals surface area contributed by atoms with Crippen LogP contribution < -0.4 is 0 Å². The number of carbonyl (C=O) groups excluding carboxylic acids is 1. The second-order valence-corrected chi connectivity index (χ2v) is 7.91. The van der Waals surface area contributed by atoms with Crippen molar-refractivity contribution in [2.45, 2.75) is 65.5 Å². The summed E-state index contributed by atoms with van der Waals surface area (Å²) >= 11 is 0. The largest absolute Gasteiger partial charge is 0.349 e. The average molecular weight is 369 g/mol. The van der Waals surface area contributed by atoms with E-state index < -0.39 is 0 Å². The molecule has 0 spiro atoms. The first-order chi connectivity index (χ1) is 13.0. The number of piperazine rings is 1. The van der Waals surface area contributed by atoms with E-state index in [1.54, 1.807) is 6.08 Å². The number of aryl methyl sites for hydroxylation is 1. The molecule has 146 valence electrons. The summed E-state index contributed by atoms with van der Waals surface area (Å²) in [7, 11) is 0. The van der Waals surface area contributed by atoms with Gasteiger partial charge in [0.2, 0.25) is 0 Å². The zero-order chi connectivity index (χ0) is 19.4. The maximum Gasteiger partial charge on any atom is 0.264 e. The SMILES string of the molecule is CCCn1c(C)cc(/C=C(/C#N)C(=O)N2CCN(C3CCCC3)CC2)c1C. The lowest BCUT2D eigenvalue weighted by Crippen LogP contribution is -2.51. The third-order valence-corrected chi connectivity index (χ3v) is 6.15. The van der Waals surface area contributed by atoms with E-state index in [2.05, 4.69) is 42.4 Å². The van der Waals surface area contributed by atoms with Crippen molar-refractivity contribution >= 4 is 12.0 Å². The minimum absolute atomic E-state index is 0.121. The molecule has 2 heterocycles. The molecule has 27 heavy (non-hydrogen) atoms. The number of carbonyl (C=O) groups is 1. The fraction of sp³-hybridized carbons (Fsp3) is 0.636. The van der Waals surface area contributed by atoms with Gasteiger partial charge in [-0.05, 0) is 50.8 Å². The topological polar surface area (TPSA) is 52.3 Å². The molecule has 2 aliphatic rings. The molecule has 0 atom stereocenters. The predicted molar refractivity (Wildman–Crippen MR) is 108 cm³/mol. The molecule has 0 aromatic carbocycles. The highest BCUT2D eigenvalue weighted by atomic mass is 16.2. The standard InChI is InChI=1S/C22H32N4O/c1-4-9-26-17(2)14-19(18(26)3)15-20(16-23)22(27)25-12-10-24(11-13-25)21-7-5-6-8-21/h14-15,21H,4-13H2,1-3H3/b20-15-. The summed E-state index contributed by atoms with van der Waals surface area (Å²) in [5.74, 6) is -0.121. The number of amides is 1. The van der Waals surface area contributed by atoms with E-state index in [-0.39, 0.29) is 11.5 Å². The van der Waals surface area contributed by atoms with Crippen molar-refractivity contribution < 1.29 is 4.79 Å². The van der Waals surface area contributed by atoms with Crippen LogP contribution in [0.15, 0.2) is 11.6 Å². The Kier molecular flexibility index (Phi) is 6.38. The Labute approximate surface area is 163 Å². The van der Waals surface area contributed by atoms with Crippen molar-refractivity contribution in [1.29, 1.82) is 5.26 Å². The third kappa shape index (κ3) is 4.27. The monoisotopic (exact) mass is 368 g/mol. The first kappa shape index (κ1) is 19.7. The molecular weight excluding hydrogens is 336 g/mol. The van der Waals surface area contributed by atoms with Gasteiger partial charge in [-0.1, -0.05) is 19.8 Å². The molecule has 1 aliphatic carbocycles. The van der Waals surface area contributed by atoms with Gasteiger partial charge in [0.1, 0.15) is 11.6 Å². The molecule has 1 saturated heterocycles. The van der Waals surface area contributed by atoms with E-state index in [1.165, 1.54) is 31.4 Å². The first-order valence-corrected chi connectivity index (χ1v) is 10.4. The zero-order valence-corrected chi connectivity index (χ0v) is 17.0. The summed E-state index contributed by atoms with van der Waals surface area (Å²) in [6, 6.07) is 4.93. The Morgan fingerprint density at radius 3 is 2.48 bits per heavy atom. The van der Waals surface area contributed by atoms with Crippen molar-refractivity contribution in [3.05, 3.63) is 28.6 Å². The minimum atomic E-state index is -0.121. The van der Waals surface area contributed by atoms with Crippen molar-refractivity contribution in [1.82, 2.24) is 14.4 Å². The third-order valence-electron chi connectivity index (χ3n) is 6.15. The van der Waals surface area contributed by atoms with Crippen molar-refractivity contribution in [2.75, 3.05) is 26.2 Å². The van der Waals surface area contributed by atoms with Crippen molar-refractivity contribution in [3.63, 3.8) is 0 Å². The molecule has 0 N–H and O–H groups in total. The summed E-state index contributed by atoms with van der Waals surface area (Å²) in [6.07, 6.45) is 8.10. The summed E-state index contributed by atoms with van der Waals surface area (Å²) in [4.78, 5) is 17.3. The molecule has 0 radical (unpaired) electrons. The van der Waals surface area contributed by atoms with Crippen LogP contribution in [0.5, 0.6) is 0 Å². The number of rotatable bonds is 5. The highest BCUT2D eigenvalue weighted by molar-refractivity contribution is 6.01. The molecule has 5 nitrogen and oxygen atoms in total. The quantitative estimate of drug-likeness (QED) is 0.590. The summed E-state index contributed by atoms with van der Waals surface area (Å²) in [5.41, 5.74) is 3.54. The Bertz CT molecular complexity index is 741. The first-order valence-electron chi connectivity index (χ1n) is 10.4. The van der Waals surface area contributed by atoms with Crippen LogP contribution >= 0.6 is 0 Å². The molecule has 0 unspecified atom stereocenters. The molecule has 2 fully saturated rings. The highest BCUT2D eigenvalue weighted by Crippen LogP contribution is 2.25. The van der Waals surface area contributed by atoms with Crippen LogP contribution in [-0.2, 0) is 11.3 Å². The molecule has 1 aromatic heterocycles. The van der Waals surface area contributed by atoms with Crippen molar-refractivity contribution in [3.8, 4) is 6.07 Å². The normalized spacial score (nSPS) is 19.5. The van der Waals surface area contributed by atoms with Crippen LogP contribution in [0.4, 0.5) is 0 Å². The van der Waals surface area contributed by atoms with Gasteiger partial charge in [0, 0.05) is 50.2 Å².